The second-order valence-corrected chi connectivity index (χ2v) is 4.73. The summed E-state index contributed by atoms with van der Waals surface area (Å²) < 4.78 is 0. The molecular weight excluding hydrogens is 287 g/mol. The number of carbonyl (C=O) groups excluding carboxylic acids is 1. The van der Waals surface area contributed by atoms with Crippen LogP contribution in [0.1, 0.15) is 15.9 Å². The van der Waals surface area contributed by atoms with Crippen molar-refractivity contribution in [1.29, 1.82) is 0 Å². The average Bonchev–Trinajstić information content (AvgIpc) is 2.40. The fraction of sp³-hybridized carbons (Fsp3) is 0.0769. The number of nitrogens with one attached hydrogen (secondary N) is 2. The summed E-state index contributed by atoms with van der Waals surface area (Å²) >= 11 is 12.1. The van der Waals surface area contributed by atoms with Gasteiger partial charge in [0.1, 0.15) is 0 Å². The molecule has 0 fully saturated rings. The molecule has 2 rings (SSSR count). The maximum Gasteiger partial charge on any atom is 0.257 e. The first kappa shape index (κ1) is 13.6. The Morgan fingerprint density at radius 2 is 1.95 bits per heavy atom. The fourth-order valence-corrected chi connectivity index (χ4v) is 1.97. The molecule has 1 aromatic carbocycles. The van der Waals surface area contributed by atoms with E-state index in [9.17, 15) is 9.59 Å². The minimum Gasteiger partial charge on any atom is -0.328 e. The number of amides is 1. The van der Waals surface area contributed by atoms with Gasteiger partial charge in [0.15, 0.2) is 0 Å². The van der Waals surface area contributed by atoms with Gasteiger partial charge in [-0.1, -0.05) is 29.3 Å². The number of hydrogen-bond acceptors (Lipinski definition) is 2. The van der Waals surface area contributed by atoms with Crippen LogP contribution in [0.3, 0.4) is 0 Å². The molecule has 0 spiro atoms. The Morgan fingerprint density at radius 3 is 2.58 bits per heavy atom. The predicted octanol–water partition coefficient (Wildman–Crippen LogP) is 3.24. The normalized spacial score (nSPS) is 10.3. The van der Waals surface area contributed by atoms with Crippen LogP contribution < -0.4 is 10.9 Å². The van der Waals surface area contributed by atoms with E-state index in [1.807, 2.05) is 6.92 Å². The molecule has 0 saturated heterocycles. The van der Waals surface area contributed by atoms with Crippen LogP contribution in [-0.4, -0.2) is 10.9 Å². The van der Waals surface area contributed by atoms with Gasteiger partial charge in [-0.15, -0.1) is 0 Å². The van der Waals surface area contributed by atoms with Crippen molar-refractivity contribution in [2.45, 2.75) is 6.92 Å². The molecule has 0 aliphatic heterocycles. The molecule has 19 heavy (non-hydrogen) atoms. The molecule has 0 atom stereocenters. The predicted molar refractivity (Wildman–Crippen MR) is 76.2 cm³/mol. The lowest BCUT2D eigenvalue weighted by Crippen LogP contribution is -2.15. The first-order valence-electron chi connectivity index (χ1n) is 5.43. The van der Waals surface area contributed by atoms with Gasteiger partial charge in [-0.05, 0) is 24.6 Å². The number of aromatic amines is 1. The van der Waals surface area contributed by atoms with E-state index < -0.39 is 5.91 Å². The van der Waals surface area contributed by atoms with Gasteiger partial charge in [-0.3, -0.25) is 9.59 Å². The summed E-state index contributed by atoms with van der Waals surface area (Å²) in [6, 6.07) is 6.12. The molecule has 0 bridgehead atoms. The maximum absolute atomic E-state index is 12.0. The van der Waals surface area contributed by atoms with Crippen molar-refractivity contribution in [1.82, 2.24) is 4.98 Å². The van der Waals surface area contributed by atoms with E-state index in [0.29, 0.717) is 21.3 Å². The van der Waals surface area contributed by atoms with E-state index in [-0.39, 0.29) is 5.56 Å². The van der Waals surface area contributed by atoms with Crippen LogP contribution in [0.5, 0.6) is 0 Å². The standard InChI is InChI=1S/C13H10Cl2N2O2/c1-7-2-4-9(14)12(11(7)15)17-13(19)8-3-5-10(18)16-6-8/h2-6H,1H3,(H,16,18)(H,17,19). The molecule has 98 valence electrons. The molecule has 0 aliphatic carbocycles. The summed E-state index contributed by atoms with van der Waals surface area (Å²) in [5.41, 5.74) is 1.21. The van der Waals surface area contributed by atoms with Gasteiger partial charge in [0.2, 0.25) is 5.56 Å². The zero-order valence-corrected chi connectivity index (χ0v) is 11.5. The van der Waals surface area contributed by atoms with Crippen molar-refractivity contribution in [2.75, 3.05) is 5.32 Å². The van der Waals surface area contributed by atoms with Crippen LogP contribution in [-0.2, 0) is 0 Å². The van der Waals surface area contributed by atoms with Gasteiger partial charge in [0.05, 0.1) is 21.3 Å². The molecule has 2 N–H and O–H groups in total. The minimum atomic E-state index is -0.398. The third kappa shape index (κ3) is 2.97. The minimum absolute atomic E-state index is 0.275. The van der Waals surface area contributed by atoms with E-state index in [1.165, 1.54) is 18.3 Å². The van der Waals surface area contributed by atoms with E-state index in [1.54, 1.807) is 12.1 Å². The number of aryl methyl sites for hydroxylation is 1. The zero-order valence-electron chi connectivity index (χ0n) is 9.96. The number of carbonyl (C=O) groups is 1. The maximum atomic E-state index is 12.0. The lowest BCUT2D eigenvalue weighted by atomic mass is 10.2. The van der Waals surface area contributed by atoms with Crippen molar-refractivity contribution in [3.63, 3.8) is 0 Å². The second-order valence-electron chi connectivity index (χ2n) is 3.95. The number of benzene rings is 1. The van der Waals surface area contributed by atoms with Gasteiger partial charge in [0.25, 0.3) is 5.91 Å². The fourth-order valence-electron chi connectivity index (χ4n) is 1.51. The van der Waals surface area contributed by atoms with Crippen molar-refractivity contribution in [2.24, 2.45) is 0 Å². The highest BCUT2D eigenvalue weighted by Crippen LogP contribution is 2.33. The highest BCUT2D eigenvalue weighted by atomic mass is 35.5. The largest absolute Gasteiger partial charge is 0.328 e. The van der Waals surface area contributed by atoms with E-state index in [2.05, 4.69) is 10.3 Å². The first-order valence-corrected chi connectivity index (χ1v) is 6.19. The number of halogens is 2. The molecule has 1 aromatic heterocycles. The number of pyridine rings is 1. The second kappa shape index (κ2) is 5.47. The smallest absolute Gasteiger partial charge is 0.257 e. The van der Waals surface area contributed by atoms with E-state index in [4.69, 9.17) is 23.2 Å². The number of anilines is 1. The van der Waals surface area contributed by atoms with Gasteiger partial charge in [-0.25, -0.2) is 0 Å². The molecule has 0 aliphatic rings. The number of aromatic nitrogens is 1. The highest BCUT2D eigenvalue weighted by molar-refractivity contribution is 6.40. The van der Waals surface area contributed by atoms with Gasteiger partial charge in [0, 0.05) is 12.3 Å². The van der Waals surface area contributed by atoms with E-state index >= 15 is 0 Å². The zero-order chi connectivity index (χ0) is 14.0. The van der Waals surface area contributed by atoms with Crippen LogP contribution >= 0.6 is 23.2 Å². The quantitative estimate of drug-likeness (QED) is 0.894. The Labute approximate surface area is 119 Å². The van der Waals surface area contributed by atoms with E-state index in [0.717, 1.165) is 5.56 Å². The molecule has 0 saturated carbocycles. The monoisotopic (exact) mass is 296 g/mol. The summed E-state index contributed by atoms with van der Waals surface area (Å²) in [6.45, 7) is 1.81. The molecule has 0 unspecified atom stereocenters. The molecule has 1 amide bonds. The van der Waals surface area contributed by atoms with Crippen LogP contribution in [0, 0.1) is 6.92 Å². The van der Waals surface area contributed by atoms with Crippen LogP contribution in [0.25, 0.3) is 0 Å². The third-order valence-electron chi connectivity index (χ3n) is 2.57. The number of hydrogen-bond donors (Lipinski definition) is 2. The lowest BCUT2D eigenvalue weighted by molar-refractivity contribution is 0.102. The number of H-pyrrole nitrogens is 1. The van der Waals surface area contributed by atoms with Gasteiger partial charge in [-0.2, -0.15) is 0 Å². The SMILES string of the molecule is Cc1ccc(Cl)c(NC(=O)c2ccc(=O)[nH]c2)c1Cl. The Hall–Kier alpha value is -1.78. The summed E-state index contributed by atoms with van der Waals surface area (Å²) in [5.74, 6) is -0.398. The highest BCUT2D eigenvalue weighted by Gasteiger charge is 2.13. The number of rotatable bonds is 2. The Bertz CT molecular complexity index is 675. The Balaban J connectivity index is 2.31. The van der Waals surface area contributed by atoms with Crippen molar-refractivity contribution < 1.29 is 4.79 Å². The molecule has 0 radical (unpaired) electrons. The van der Waals surface area contributed by atoms with Crippen molar-refractivity contribution in [3.05, 3.63) is 62.0 Å². The van der Waals surface area contributed by atoms with Crippen LogP contribution in [0.2, 0.25) is 10.0 Å². The topological polar surface area (TPSA) is 62.0 Å². The molecule has 2 aromatic rings. The first-order chi connectivity index (χ1) is 8.99. The molecule has 4 nitrogen and oxygen atoms in total. The summed E-state index contributed by atoms with van der Waals surface area (Å²) in [7, 11) is 0. The summed E-state index contributed by atoms with van der Waals surface area (Å²) in [5, 5.41) is 3.38. The van der Waals surface area contributed by atoms with Gasteiger partial charge >= 0.3 is 0 Å². The van der Waals surface area contributed by atoms with Crippen molar-refractivity contribution in [3.8, 4) is 0 Å². The summed E-state index contributed by atoms with van der Waals surface area (Å²) in [4.78, 5) is 25.3. The van der Waals surface area contributed by atoms with Crippen molar-refractivity contribution >= 4 is 34.8 Å². The molecular formula is C13H10Cl2N2O2. The molecule has 1 heterocycles. The van der Waals surface area contributed by atoms with Crippen LogP contribution in [0.4, 0.5) is 5.69 Å². The van der Waals surface area contributed by atoms with Crippen LogP contribution in [0.15, 0.2) is 35.3 Å². The Morgan fingerprint density at radius 1 is 1.21 bits per heavy atom. The Kier molecular flexibility index (Phi) is 3.93. The average molecular weight is 297 g/mol. The molecule has 6 heteroatoms. The summed E-state index contributed by atoms with van der Waals surface area (Å²) in [6.07, 6.45) is 1.33. The van der Waals surface area contributed by atoms with Gasteiger partial charge < -0.3 is 10.3 Å². The lowest BCUT2D eigenvalue weighted by Gasteiger charge is -2.10. The third-order valence-corrected chi connectivity index (χ3v) is 3.37.